The molecule has 0 radical (unpaired) electrons. The molecule has 0 fully saturated rings. The first-order valence-corrected chi connectivity index (χ1v) is 7.06. The molecule has 0 bridgehead atoms. The van der Waals surface area contributed by atoms with E-state index in [1.54, 1.807) is 30.3 Å². The Morgan fingerprint density at radius 2 is 1.70 bits per heavy atom. The lowest BCUT2D eigenvalue weighted by Gasteiger charge is -2.14. The number of phenols is 1. The summed E-state index contributed by atoms with van der Waals surface area (Å²) in [5.41, 5.74) is 2.46. The highest BCUT2D eigenvalue weighted by molar-refractivity contribution is 6.43. The van der Waals surface area contributed by atoms with E-state index in [4.69, 9.17) is 0 Å². The number of nitrogens with one attached hydrogen (secondary N) is 2. The molecule has 0 saturated carbocycles. The quantitative estimate of drug-likeness (QED) is 0.600. The van der Waals surface area contributed by atoms with Gasteiger partial charge in [-0.2, -0.15) is 0 Å². The summed E-state index contributed by atoms with van der Waals surface area (Å²) >= 11 is 0. The number of carbonyl (C=O) groups excluding carboxylic acids is 2. The third kappa shape index (κ3) is 4.23. The number of phenolic OH excluding ortho intramolecular Hbond substituents is 1. The van der Waals surface area contributed by atoms with Gasteiger partial charge in [-0.3, -0.25) is 9.59 Å². The van der Waals surface area contributed by atoms with Crippen molar-refractivity contribution < 1.29 is 14.7 Å². The van der Waals surface area contributed by atoms with Crippen molar-refractivity contribution in [1.29, 1.82) is 0 Å². The molecule has 2 amide bonds. The number of carbonyl (C=O) groups is 2. The number of hydrogen-bond acceptors (Lipinski definition) is 4. The molecule has 6 heteroatoms. The second-order valence-corrected chi connectivity index (χ2v) is 5.37. The van der Waals surface area contributed by atoms with Crippen LogP contribution >= 0.6 is 0 Å². The molecule has 2 aromatic rings. The average Bonchev–Trinajstić information content (AvgIpc) is 2.50. The van der Waals surface area contributed by atoms with E-state index in [-0.39, 0.29) is 11.4 Å². The van der Waals surface area contributed by atoms with Gasteiger partial charge in [-0.15, -0.1) is 0 Å². The monoisotopic (exact) mass is 313 g/mol. The molecule has 0 aliphatic heterocycles. The van der Waals surface area contributed by atoms with Crippen LogP contribution in [0, 0.1) is 6.92 Å². The highest BCUT2D eigenvalue weighted by Gasteiger charge is 2.16. The van der Waals surface area contributed by atoms with Crippen LogP contribution < -0.4 is 15.5 Å². The van der Waals surface area contributed by atoms with E-state index < -0.39 is 11.8 Å². The normalized spacial score (nSPS) is 10.0. The zero-order chi connectivity index (χ0) is 17.0. The second kappa shape index (κ2) is 6.83. The van der Waals surface area contributed by atoms with Crippen molar-refractivity contribution in [3.8, 4) is 5.75 Å². The fourth-order valence-electron chi connectivity index (χ4n) is 1.98. The van der Waals surface area contributed by atoms with Gasteiger partial charge in [0.15, 0.2) is 0 Å². The summed E-state index contributed by atoms with van der Waals surface area (Å²) < 4.78 is 0. The number of benzene rings is 2. The fraction of sp³-hybridized carbons (Fsp3) is 0.176. The lowest BCUT2D eigenvalue weighted by atomic mass is 10.2. The van der Waals surface area contributed by atoms with E-state index >= 15 is 0 Å². The largest absolute Gasteiger partial charge is 0.506 e. The Hall–Kier alpha value is -3.02. The number of aromatic hydroxyl groups is 1. The predicted octanol–water partition coefficient (Wildman–Crippen LogP) is 2.34. The minimum Gasteiger partial charge on any atom is -0.506 e. The van der Waals surface area contributed by atoms with Crippen LogP contribution in [0.5, 0.6) is 5.75 Å². The maximum absolute atomic E-state index is 12.0. The number of hydrogen-bond donors (Lipinski definition) is 3. The van der Waals surface area contributed by atoms with Gasteiger partial charge in [-0.1, -0.05) is 12.1 Å². The van der Waals surface area contributed by atoms with Crippen LogP contribution in [0.15, 0.2) is 42.5 Å². The summed E-state index contributed by atoms with van der Waals surface area (Å²) in [5.74, 6) is -1.74. The molecule has 0 aromatic heterocycles. The van der Waals surface area contributed by atoms with E-state index in [0.717, 1.165) is 11.3 Å². The van der Waals surface area contributed by atoms with Gasteiger partial charge in [-0.05, 0) is 42.8 Å². The van der Waals surface area contributed by atoms with E-state index in [1.807, 2.05) is 32.0 Å². The van der Waals surface area contributed by atoms with Crippen LogP contribution in [0.2, 0.25) is 0 Å². The first kappa shape index (κ1) is 16.4. The van der Waals surface area contributed by atoms with Gasteiger partial charge >= 0.3 is 11.8 Å². The first-order valence-electron chi connectivity index (χ1n) is 7.06. The molecule has 2 rings (SSSR count). The lowest BCUT2D eigenvalue weighted by molar-refractivity contribution is -0.133. The number of nitrogens with zero attached hydrogens (tertiary/aromatic N) is 1. The SMILES string of the molecule is Cc1ccc(NC(=O)C(=O)Nc2cccc(N(C)C)c2)c(O)c1. The van der Waals surface area contributed by atoms with Gasteiger partial charge < -0.3 is 20.6 Å². The molecule has 0 aliphatic carbocycles. The van der Waals surface area contributed by atoms with Crippen molar-refractivity contribution in [2.45, 2.75) is 6.92 Å². The minimum absolute atomic E-state index is 0.0826. The summed E-state index contributed by atoms with van der Waals surface area (Å²) in [6.07, 6.45) is 0. The van der Waals surface area contributed by atoms with E-state index in [0.29, 0.717) is 5.69 Å². The molecule has 0 heterocycles. The van der Waals surface area contributed by atoms with Crippen molar-refractivity contribution >= 4 is 28.9 Å². The van der Waals surface area contributed by atoms with E-state index in [9.17, 15) is 14.7 Å². The van der Waals surface area contributed by atoms with Gasteiger partial charge in [0.25, 0.3) is 0 Å². The molecule has 2 aromatic carbocycles. The van der Waals surface area contributed by atoms with E-state index in [2.05, 4.69) is 10.6 Å². The van der Waals surface area contributed by atoms with Crippen molar-refractivity contribution in [1.82, 2.24) is 0 Å². The maximum Gasteiger partial charge on any atom is 0.314 e. The number of amides is 2. The molecule has 0 spiro atoms. The molecule has 6 nitrogen and oxygen atoms in total. The van der Waals surface area contributed by atoms with Crippen molar-refractivity contribution in [3.63, 3.8) is 0 Å². The summed E-state index contributed by atoms with van der Waals surface area (Å²) in [7, 11) is 3.77. The molecule has 3 N–H and O–H groups in total. The highest BCUT2D eigenvalue weighted by Crippen LogP contribution is 2.24. The van der Waals surface area contributed by atoms with Crippen molar-refractivity contribution in [2.75, 3.05) is 29.6 Å². The molecule has 0 unspecified atom stereocenters. The summed E-state index contributed by atoms with van der Waals surface area (Å²) in [4.78, 5) is 25.8. The molecule has 120 valence electrons. The third-order valence-electron chi connectivity index (χ3n) is 3.23. The Morgan fingerprint density at radius 3 is 2.35 bits per heavy atom. The van der Waals surface area contributed by atoms with Crippen LogP contribution in [-0.4, -0.2) is 31.0 Å². The topological polar surface area (TPSA) is 81.7 Å². The summed E-state index contributed by atoms with van der Waals surface area (Å²) in [6.45, 7) is 1.82. The van der Waals surface area contributed by atoms with Crippen molar-refractivity contribution in [3.05, 3.63) is 48.0 Å². The Labute approximate surface area is 134 Å². The van der Waals surface area contributed by atoms with E-state index in [1.165, 1.54) is 6.07 Å². The number of rotatable bonds is 3. The van der Waals surface area contributed by atoms with Crippen LogP contribution in [-0.2, 0) is 9.59 Å². The summed E-state index contributed by atoms with van der Waals surface area (Å²) in [6, 6.07) is 11.9. The molecular formula is C17H19N3O3. The van der Waals surface area contributed by atoms with Gasteiger partial charge in [0.1, 0.15) is 5.75 Å². The van der Waals surface area contributed by atoms with Gasteiger partial charge in [0.2, 0.25) is 0 Å². The zero-order valence-corrected chi connectivity index (χ0v) is 13.3. The zero-order valence-electron chi connectivity index (χ0n) is 13.3. The molecule has 23 heavy (non-hydrogen) atoms. The average molecular weight is 313 g/mol. The minimum atomic E-state index is -0.848. The van der Waals surface area contributed by atoms with Crippen LogP contribution in [0.4, 0.5) is 17.1 Å². The maximum atomic E-state index is 12.0. The van der Waals surface area contributed by atoms with Gasteiger partial charge in [0.05, 0.1) is 5.69 Å². The molecule has 0 aliphatic rings. The summed E-state index contributed by atoms with van der Waals surface area (Å²) in [5, 5.41) is 14.7. The molecular weight excluding hydrogens is 294 g/mol. The molecule has 0 saturated heterocycles. The Kier molecular flexibility index (Phi) is 4.85. The number of aryl methyl sites for hydroxylation is 1. The Balaban J connectivity index is 2.05. The lowest BCUT2D eigenvalue weighted by Crippen LogP contribution is -2.29. The van der Waals surface area contributed by atoms with Crippen molar-refractivity contribution in [2.24, 2.45) is 0 Å². The van der Waals surface area contributed by atoms with Gasteiger partial charge in [-0.25, -0.2) is 0 Å². The Morgan fingerprint density at radius 1 is 1.00 bits per heavy atom. The van der Waals surface area contributed by atoms with Crippen LogP contribution in [0.25, 0.3) is 0 Å². The number of anilines is 3. The second-order valence-electron chi connectivity index (χ2n) is 5.37. The fourth-order valence-corrected chi connectivity index (χ4v) is 1.98. The Bertz CT molecular complexity index is 742. The smallest absolute Gasteiger partial charge is 0.314 e. The van der Waals surface area contributed by atoms with Crippen LogP contribution in [0.3, 0.4) is 0 Å². The van der Waals surface area contributed by atoms with Gasteiger partial charge in [0, 0.05) is 25.5 Å². The first-order chi connectivity index (χ1) is 10.9. The molecule has 0 atom stereocenters. The predicted molar refractivity (Wildman–Crippen MR) is 90.9 cm³/mol. The standard InChI is InChI=1S/C17H19N3O3/c1-11-7-8-14(15(21)9-11)19-17(23)16(22)18-12-5-4-6-13(10-12)20(2)3/h4-10,21H,1-3H3,(H,18,22)(H,19,23). The van der Waals surface area contributed by atoms with Crippen LogP contribution in [0.1, 0.15) is 5.56 Å². The third-order valence-corrected chi connectivity index (χ3v) is 3.23. The highest BCUT2D eigenvalue weighted by atomic mass is 16.3.